The molecule has 0 saturated carbocycles. The number of halogens is 1. The van der Waals surface area contributed by atoms with Crippen LogP contribution in [0.25, 0.3) is 6.08 Å². The molecule has 2 aromatic rings. The van der Waals surface area contributed by atoms with E-state index in [9.17, 15) is 9.59 Å². The van der Waals surface area contributed by atoms with E-state index in [2.05, 4.69) is 16.2 Å². The molecule has 0 radical (unpaired) electrons. The summed E-state index contributed by atoms with van der Waals surface area (Å²) < 4.78 is 0. The summed E-state index contributed by atoms with van der Waals surface area (Å²) in [6.07, 6.45) is 2.85. The topological polar surface area (TPSA) is 70.2 Å². The molecule has 2 aromatic carbocycles. The second kappa shape index (κ2) is 7.85. The van der Waals surface area contributed by atoms with Gasteiger partial charge >= 0.3 is 6.03 Å². The van der Waals surface area contributed by atoms with Gasteiger partial charge in [0, 0.05) is 16.8 Å². The zero-order valence-corrected chi connectivity index (χ0v) is 12.3. The molecule has 2 rings (SSSR count). The van der Waals surface area contributed by atoms with Crippen LogP contribution in [0.5, 0.6) is 0 Å². The smallest absolute Gasteiger partial charge is 0.307 e. The first kappa shape index (κ1) is 15.6. The maximum atomic E-state index is 11.6. The van der Waals surface area contributed by atoms with Gasteiger partial charge in [-0.25, -0.2) is 10.2 Å². The van der Waals surface area contributed by atoms with Crippen LogP contribution in [0, 0.1) is 0 Å². The third kappa shape index (κ3) is 4.96. The number of nitrogens with one attached hydrogen (secondary N) is 3. The highest BCUT2D eigenvalue weighted by molar-refractivity contribution is 6.32. The Labute approximate surface area is 133 Å². The lowest BCUT2D eigenvalue weighted by molar-refractivity contribution is -0.117. The molecule has 3 amide bonds. The SMILES string of the molecule is O=C(/C=C/c1ccccc1Cl)NNC(=O)Nc1ccccc1. The molecule has 112 valence electrons. The molecule has 0 saturated heterocycles. The molecule has 5 nitrogen and oxygen atoms in total. The van der Waals surface area contributed by atoms with Gasteiger partial charge in [-0.05, 0) is 29.8 Å². The van der Waals surface area contributed by atoms with Gasteiger partial charge in [-0.2, -0.15) is 0 Å². The largest absolute Gasteiger partial charge is 0.337 e. The van der Waals surface area contributed by atoms with Crippen LogP contribution in [0.2, 0.25) is 5.02 Å². The third-order valence-corrected chi connectivity index (χ3v) is 2.99. The number of hydrogen-bond donors (Lipinski definition) is 3. The number of rotatable bonds is 3. The zero-order chi connectivity index (χ0) is 15.8. The molecule has 0 fully saturated rings. The highest BCUT2D eigenvalue weighted by atomic mass is 35.5. The Hall–Kier alpha value is -2.79. The summed E-state index contributed by atoms with van der Waals surface area (Å²) in [7, 11) is 0. The van der Waals surface area contributed by atoms with E-state index in [0.29, 0.717) is 16.3 Å². The van der Waals surface area contributed by atoms with E-state index >= 15 is 0 Å². The van der Waals surface area contributed by atoms with E-state index in [1.807, 2.05) is 12.1 Å². The fourth-order valence-corrected chi connectivity index (χ4v) is 1.82. The number of carbonyl (C=O) groups excluding carboxylic acids is 2. The summed E-state index contributed by atoms with van der Waals surface area (Å²) >= 11 is 5.96. The van der Waals surface area contributed by atoms with Gasteiger partial charge in [-0.15, -0.1) is 0 Å². The molecule has 3 N–H and O–H groups in total. The number of amides is 3. The molecule has 0 atom stereocenters. The van der Waals surface area contributed by atoms with E-state index < -0.39 is 11.9 Å². The van der Waals surface area contributed by atoms with Gasteiger partial charge in [0.15, 0.2) is 0 Å². The van der Waals surface area contributed by atoms with Crippen molar-refractivity contribution in [2.45, 2.75) is 0 Å². The molecule has 0 aliphatic rings. The number of carbonyl (C=O) groups is 2. The van der Waals surface area contributed by atoms with Gasteiger partial charge in [0.1, 0.15) is 0 Å². The van der Waals surface area contributed by atoms with Gasteiger partial charge in [0.25, 0.3) is 5.91 Å². The molecule has 6 heteroatoms. The van der Waals surface area contributed by atoms with Gasteiger partial charge in [-0.1, -0.05) is 48.0 Å². The minimum atomic E-state index is -0.536. The second-order valence-corrected chi connectivity index (χ2v) is 4.70. The van der Waals surface area contributed by atoms with Crippen molar-refractivity contribution in [3.63, 3.8) is 0 Å². The summed E-state index contributed by atoms with van der Waals surface area (Å²) in [6, 6.07) is 15.5. The summed E-state index contributed by atoms with van der Waals surface area (Å²) in [5, 5.41) is 3.11. The number of urea groups is 1. The predicted molar refractivity (Wildman–Crippen MR) is 87.2 cm³/mol. The first-order chi connectivity index (χ1) is 10.6. The normalized spacial score (nSPS) is 10.2. The van der Waals surface area contributed by atoms with E-state index in [-0.39, 0.29) is 0 Å². The number of benzene rings is 2. The van der Waals surface area contributed by atoms with E-state index in [4.69, 9.17) is 11.6 Å². The summed E-state index contributed by atoms with van der Waals surface area (Å²) in [5.41, 5.74) is 5.85. The van der Waals surface area contributed by atoms with Gasteiger partial charge in [0.05, 0.1) is 0 Å². The van der Waals surface area contributed by atoms with Crippen molar-refractivity contribution in [1.29, 1.82) is 0 Å². The van der Waals surface area contributed by atoms with Crippen LogP contribution in [-0.2, 0) is 4.79 Å². The maximum absolute atomic E-state index is 11.6. The predicted octanol–water partition coefficient (Wildman–Crippen LogP) is 3.21. The van der Waals surface area contributed by atoms with E-state index in [1.165, 1.54) is 6.08 Å². The minimum absolute atomic E-state index is 0.469. The highest BCUT2D eigenvalue weighted by Gasteiger charge is 2.02. The van der Waals surface area contributed by atoms with Crippen molar-refractivity contribution in [3.05, 3.63) is 71.3 Å². The molecule has 0 unspecified atom stereocenters. The average Bonchev–Trinajstić information content (AvgIpc) is 2.53. The van der Waals surface area contributed by atoms with Crippen LogP contribution < -0.4 is 16.2 Å². The van der Waals surface area contributed by atoms with Gasteiger partial charge in [0.2, 0.25) is 0 Å². The quantitative estimate of drug-likeness (QED) is 0.601. The standard InChI is InChI=1S/C16H14ClN3O2/c17-14-9-5-4-6-12(14)10-11-15(21)19-20-16(22)18-13-7-2-1-3-8-13/h1-11H,(H,19,21)(H2,18,20,22)/b11-10+. The Morgan fingerprint density at radius 1 is 0.909 bits per heavy atom. The van der Waals surface area contributed by atoms with Crippen LogP contribution in [0.4, 0.5) is 10.5 Å². The lowest BCUT2D eigenvalue weighted by Gasteiger charge is -2.07. The Morgan fingerprint density at radius 2 is 1.59 bits per heavy atom. The molecule has 0 aliphatic heterocycles. The van der Waals surface area contributed by atoms with Crippen LogP contribution in [0.15, 0.2) is 60.7 Å². The molecule has 0 aromatic heterocycles. The first-order valence-electron chi connectivity index (χ1n) is 6.50. The van der Waals surface area contributed by atoms with Crippen molar-refractivity contribution in [1.82, 2.24) is 10.9 Å². The van der Waals surface area contributed by atoms with Crippen LogP contribution in [0.3, 0.4) is 0 Å². The van der Waals surface area contributed by atoms with Crippen molar-refractivity contribution < 1.29 is 9.59 Å². The highest BCUT2D eigenvalue weighted by Crippen LogP contribution is 2.15. The number of para-hydroxylation sites is 1. The second-order valence-electron chi connectivity index (χ2n) is 4.29. The molecular formula is C16H14ClN3O2. The molecule has 22 heavy (non-hydrogen) atoms. The summed E-state index contributed by atoms with van der Waals surface area (Å²) in [5.74, 6) is -0.469. The fraction of sp³-hybridized carbons (Fsp3) is 0. The minimum Gasteiger partial charge on any atom is -0.307 e. The summed E-state index contributed by atoms with van der Waals surface area (Å²) in [4.78, 5) is 23.2. The van der Waals surface area contributed by atoms with E-state index in [1.54, 1.807) is 48.5 Å². The van der Waals surface area contributed by atoms with Crippen LogP contribution >= 0.6 is 11.6 Å². The van der Waals surface area contributed by atoms with Crippen molar-refractivity contribution in [2.24, 2.45) is 0 Å². The maximum Gasteiger partial charge on any atom is 0.337 e. The summed E-state index contributed by atoms with van der Waals surface area (Å²) in [6.45, 7) is 0. The molecule has 0 bridgehead atoms. The van der Waals surface area contributed by atoms with Crippen molar-refractivity contribution >= 4 is 35.3 Å². The molecule has 0 heterocycles. The molecular weight excluding hydrogens is 302 g/mol. The monoisotopic (exact) mass is 315 g/mol. The Balaban J connectivity index is 1.80. The fourth-order valence-electron chi connectivity index (χ4n) is 1.62. The Bertz CT molecular complexity index is 687. The van der Waals surface area contributed by atoms with Crippen LogP contribution in [-0.4, -0.2) is 11.9 Å². The zero-order valence-electron chi connectivity index (χ0n) is 11.5. The molecule has 0 aliphatic carbocycles. The average molecular weight is 316 g/mol. The Morgan fingerprint density at radius 3 is 2.32 bits per heavy atom. The van der Waals surface area contributed by atoms with Crippen LogP contribution in [0.1, 0.15) is 5.56 Å². The number of hydrogen-bond acceptors (Lipinski definition) is 2. The third-order valence-electron chi connectivity index (χ3n) is 2.65. The lowest BCUT2D eigenvalue weighted by Crippen LogP contribution is -2.43. The number of anilines is 1. The van der Waals surface area contributed by atoms with Gasteiger partial charge < -0.3 is 5.32 Å². The van der Waals surface area contributed by atoms with E-state index in [0.717, 1.165) is 0 Å². The Kier molecular flexibility index (Phi) is 5.57. The van der Waals surface area contributed by atoms with Crippen molar-refractivity contribution in [2.75, 3.05) is 5.32 Å². The first-order valence-corrected chi connectivity index (χ1v) is 6.87. The molecule has 0 spiro atoms. The lowest BCUT2D eigenvalue weighted by atomic mass is 10.2. The number of hydrazine groups is 1. The van der Waals surface area contributed by atoms with Gasteiger partial charge in [-0.3, -0.25) is 10.2 Å². The van der Waals surface area contributed by atoms with Crippen molar-refractivity contribution in [3.8, 4) is 0 Å².